The monoisotopic (exact) mass is 497 g/mol. The molecule has 0 bridgehead atoms. The van der Waals surface area contributed by atoms with Crippen molar-refractivity contribution in [2.24, 2.45) is 0 Å². The van der Waals surface area contributed by atoms with Crippen LogP contribution >= 0.6 is 11.8 Å². The minimum Gasteiger partial charge on any atom is -0.462 e. The molecule has 0 radical (unpaired) electrons. The molecule has 1 aliphatic heterocycles. The molecule has 1 aromatic heterocycles. The molecule has 0 saturated carbocycles. The molecule has 4 aromatic rings. The molecule has 0 fully saturated rings. The molecule has 1 atom stereocenters. The molecule has 5 rings (SSSR count). The Balaban J connectivity index is 1.55. The summed E-state index contributed by atoms with van der Waals surface area (Å²) in [6.07, 6.45) is 4.09. The summed E-state index contributed by atoms with van der Waals surface area (Å²) < 4.78 is 7.28. The van der Waals surface area contributed by atoms with Gasteiger partial charge in [0.05, 0.1) is 30.4 Å². The second kappa shape index (κ2) is 10.3. The third-order valence-corrected chi connectivity index (χ3v) is 7.02. The maximum absolute atomic E-state index is 13.9. The minimum atomic E-state index is -0.415. The molecule has 0 unspecified atom stereocenters. The average Bonchev–Trinajstić information content (AvgIpc) is 3.33. The van der Waals surface area contributed by atoms with Crippen molar-refractivity contribution in [3.63, 3.8) is 0 Å². The van der Waals surface area contributed by atoms with Gasteiger partial charge in [0.25, 0.3) is 0 Å². The Bertz CT molecular complexity index is 1400. The Morgan fingerprint density at radius 2 is 1.81 bits per heavy atom. The molecule has 0 aliphatic carbocycles. The number of carbonyl (C=O) groups excluding carboxylic acids is 2. The molecule has 7 heteroatoms. The van der Waals surface area contributed by atoms with E-state index in [0.717, 1.165) is 27.4 Å². The molecule has 1 N–H and O–H groups in total. The lowest BCUT2D eigenvalue weighted by Crippen LogP contribution is -2.38. The average molecular weight is 498 g/mol. The molecule has 3 aromatic carbocycles. The predicted octanol–water partition coefficient (Wildman–Crippen LogP) is 6.51. The highest BCUT2D eigenvalue weighted by atomic mass is 32.2. The van der Waals surface area contributed by atoms with Crippen LogP contribution in [0.15, 0.2) is 96.0 Å². The number of aromatic nitrogens is 1. The number of ether oxygens (including phenoxy) is 1. The Morgan fingerprint density at radius 1 is 1.00 bits per heavy atom. The lowest BCUT2D eigenvalue weighted by Gasteiger charge is -2.31. The number of para-hydroxylation sites is 1. The number of nitrogens with one attached hydrogen (secondary N) is 1. The quantitative estimate of drug-likeness (QED) is 0.252. The molecule has 0 spiro atoms. The third kappa shape index (κ3) is 4.62. The lowest BCUT2D eigenvalue weighted by molar-refractivity contribution is 0.0526. The van der Waals surface area contributed by atoms with Gasteiger partial charge in [-0.15, -0.1) is 11.8 Å². The summed E-state index contributed by atoms with van der Waals surface area (Å²) in [6, 6.07) is 26.9. The van der Waals surface area contributed by atoms with E-state index in [-0.39, 0.29) is 12.1 Å². The first-order valence-electron chi connectivity index (χ1n) is 11.8. The Hall–Kier alpha value is -3.97. The molecule has 6 nitrogen and oxygen atoms in total. The van der Waals surface area contributed by atoms with Gasteiger partial charge in [0.1, 0.15) is 0 Å². The van der Waals surface area contributed by atoms with E-state index in [9.17, 15) is 9.59 Å². The molecule has 2 amide bonds. The van der Waals surface area contributed by atoms with Gasteiger partial charge >= 0.3 is 12.0 Å². The number of hydrogen-bond acceptors (Lipinski definition) is 4. The first-order chi connectivity index (χ1) is 17.6. The zero-order valence-corrected chi connectivity index (χ0v) is 21.0. The summed E-state index contributed by atoms with van der Waals surface area (Å²) >= 11 is 1.69. The van der Waals surface area contributed by atoms with Crippen molar-refractivity contribution >= 4 is 29.4 Å². The standard InChI is InChI=1S/C29H27N3O3S/c1-3-35-28(33)21-9-6-10-23(18-21)30-29(34)32-19-22-8-4-5-11-25(22)31-17-7-12-26(31)27(32)20-13-15-24(36-2)16-14-20/h4-18,27H,3,19H2,1-2H3,(H,30,34)/t27-/m0/s1. The Kier molecular flexibility index (Phi) is 6.82. The second-order valence-corrected chi connectivity index (χ2v) is 9.35. The van der Waals surface area contributed by atoms with Crippen molar-refractivity contribution in [1.29, 1.82) is 0 Å². The van der Waals surface area contributed by atoms with E-state index in [4.69, 9.17) is 4.74 Å². The van der Waals surface area contributed by atoms with Crippen LogP contribution in [0.5, 0.6) is 0 Å². The molecule has 36 heavy (non-hydrogen) atoms. The van der Waals surface area contributed by atoms with Crippen molar-refractivity contribution in [2.75, 3.05) is 18.2 Å². The molecule has 1 aliphatic rings. The number of urea groups is 1. The van der Waals surface area contributed by atoms with Crippen LogP contribution < -0.4 is 5.32 Å². The van der Waals surface area contributed by atoms with E-state index in [1.165, 1.54) is 0 Å². The van der Waals surface area contributed by atoms with E-state index >= 15 is 0 Å². The lowest BCUT2D eigenvalue weighted by atomic mass is 10.0. The fourth-order valence-electron chi connectivity index (χ4n) is 4.61. The van der Waals surface area contributed by atoms with Crippen molar-refractivity contribution in [3.8, 4) is 5.69 Å². The number of esters is 1. The zero-order chi connectivity index (χ0) is 25.1. The topological polar surface area (TPSA) is 63.6 Å². The third-order valence-electron chi connectivity index (χ3n) is 6.28. The predicted molar refractivity (Wildman–Crippen MR) is 143 cm³/mol. The van der Waals surface area contributed by atoms with Crippen LogP contribution in [0.2, 0.25) is 0 Å². The van der Waals surface area contributed by atoms with Gasteiger partial charge in [-0.05, 0) is 72.8 Å². The van der Waals surface area contributed by atoms with Gasteiger partial charge in [-0.3, -0.25) is 0 Å². The maximum Gasteiger partial charge on any atom is 0.338 e. The summed E-state index contributed by atoms with van der Waals surface area (Å²) in [5.41, 5.74) is 5.07. The minimum absolute atomic E-state index is 0.251. The van der Waals surface area contributed by atoms with Gasteiger partial charge in [0.2, 0.25) is 0 Å². The van der Waals surface area contributed by atoms with E-state index in [1.807, 2.05) is 35.6 Å². The molecule has 0 saturated heterocycles. The Morgan fingerprint density at radius 3 is 2.58 bits per heavy atom. The van der Waals surface area contributed by atoms with E-state index in [1.54, 1.807) is 43.0 Å². The number of fused-ring (bicyclic) bond motifs is 3. The number of hydrogen-bond donors (Lipinski definition) is 1. The van der Waals surface area contributed by atoms with Gasteiger partial charge in [-0.2, -0.15) is 0 Å². The highest BCUT2D eigenvalue weighted by molar-refractivity contribution is 7.98. The first-order valence-corrected chi connectivity index (χ1v) is 13.1. The number of thioether (sulfide) groups is 1. The summed E-state index contributed by atoms with van der Waals surface area (Å²) in [4.78, 5) is 29.1. The SMILES string of the molecule is CCOC(=O)c1cccc(NC(=O)N2Cc3ccccc3-n3cccc3[C@@H]2c2ccc(SC)cc2)c1. The van der Waals surface area contributed by atoms with Gasteiger partial charge in [0.15, 0.2) is 0 Å². The Labute approximate surface area is 214 Å². The number of rotatable bonds is 5. The van der Waals surface area contributed by atoms with Gasteiger partial charge < -0.3 is 19.5 Å². The van der Waals surface area contributed by atoms with Crippen LogP contribution in [0.1, 0.15) is 40.1 Å². The number of carbonyl (C=O) groups is 2. The van der Waals surface area contributed by atoms with Crippen LogP contribution in [-0.2, 0) is 11.3 Å². The number of benzene rings is 3. The molecular weight excluding hydrogens is 470 g/mol. The van der Waals surface area contributed by atoms with E-state index in [2.05, 4.69) is 52.3 Å². The van der Waals surface area contributed by atoms with Crippen LogP contribution in [0.4, 0.5) is 10.5 Å². The van der Waals surface area contributed by atoms with E-state index in [0.29, 0.717) is 24.4 Å². The van der Waals surface area contributed by atoms with Crippen LogP contribution in [0, 0.1) is 0 Å². The highest BCUT2D eigenvalue weighted by Gasteiger charge is 2.33. The first kappa shape index (κ1) is 23.8. The smallest absolute Gasteiger partial charge is 0.338 e. The maximum atomic E-state index is 13.9. The van der Waals surface area contributed by atoms with E-state index < -0.39 is 5.97 Å². The van der Waals surface area contributed by atoms with Crippen LogP contribution in [0.25, 0.3) is 5.69 Å². The van der Waals surface area contributed by atoms with Crippen molar-refractivity contribution in [1.82, 2.24) is 9.47 Å². The normalized spacial score (nSPS) is 14.4. The molecule has 2 heterocycles. The summed E-state index contributed by atoms with van der Waals surface area (Å²) in [7, 11) is 0. The van der Waals surface area contributed by atoms with Crippen molar-refractivity contribution < 1.29 is 14.3 Å². The number of nitrogens with zero attached hydrogens (tertiary/aromatic N) is 2. The fraction of sp³-hybridized carbons (Fsp3) is 0.172. The molecule has 182 valence electrons. The van der Waals surface area contributed by atoms with Crippen molar-refractivity contribution in [3.05, 3.63) is 114 Å². The number of amides is 2. The highest BCUT2D eigenvalue weighted by Crippen LogP contribution is 2.37. The summed E-state index contributed by atoms with van der Waals surface area (Å²) in [5.74, 6) is -0.415. The fourth-order valence-corrected chi connectivity index (χ4v) is 5.02. The zero-order valence-electron chi connectivity index (χ0n) is 20.2. The molecular formula is C29H27N3O3S. The van der Waals surface area contributed by atoms with Crippen LogP contribution in [0.3, 0.4) is 0 Å². The van der Waals surface area contributed by atoms with Crippen LogP contribution in [-0.4, -0.2) is 34.3 Å². The van der Waals surface area contributed by atoms with Gasteiger partial charge in [0, 0.05) is 22.5 Å². The van der Waals surface area contributed by atoms with Gasteiger partial charge in [-0.25, -0.2) is 9.59 Å². The largest absolute Gasteiger partial charge is 0.462 e. The summed E-state index contributed by atoms with van der Waals surface area (Å²) in [6.45, 7) is 2.48. The van der Waals surface area contributed by atoms with Gasteiger partial charge in [-0.1, -0.05) is 36.4 Å². The van der Waals surface area contributed by atoms with Crippen molar-refractivity contribution in [2.45, 2.75) is 24.4 Å². The number of anilines is 1. The summed E-state index contributed by atoms with van der Waals surface area (Å²) in [5, 5.41) is 3.02. The second-order valence-electron chi connectivity index (χ2n) is 8.47.